The molecule has 0 aliphatic heterocycles. The van der Waals surface area contributed by atoms with Crippen molar-refractivity contribution in [3.8, 4) is 5.75 Å². The van der Waals surface area contributed by atoms with Crippen molar-refractivity contribution in [2.24, 2.45) is 5.92 Å². The Hall–Kier alpha value is -2.45. The van der Waals surface area contributed by atoms with Crippen molar-refractivity contribution in [3.05, 3.63) is 59.9 Å². The molecule has 3 rings (SSSR count). The number of carbonyl (C=O) groups excluding carboxylic acids is 1. The normalized spacial score (nSPS) is 12.1. The van der Waals surface area contributed by atoms with Crippen LogP contribution in [0.3, 0.4) is 0 Å². The molecule has 8 heteroatoms. The number of carbonyl (C=O) groups is 1. The van der Waals surface area contributed by atoms with Gasteiger partial charge < -0.3 is 14.6 Å². The first kappa shape index (κ1) is 28.1. The van der Waals surface area contributed by atoms with Crippen molar-refractivity contribution in [2.45, 2.75) is 76.1 Å². The molecule has 6 nitrogen and oxygen atoms in total. The molecule has 0 saturated heterocycles. The number of anilines is 1. The molecule has 0 saturated carbocycles. The van der Waals surface area contributed by atoms with E-state index in [2.05, 4.69) is 59.9 Å². The van der Waals surface area contributed by atoms with Crippen LogP contribution in [0.2, 0.25) is 0 Å². The lowest BCUT2D eigenvalue weighted by atomic mass is 10.0. The average Bonchev–Trinajstić information content (AvgIpc) is 3.29. The monoisotopic (exact) mass is 526 g/mol. The van der Waals surface area contributed by atoms with Crippen LogP contribution in [0.25, 0.3) is 0 Å². The van der Waals surface area contributed by atoms with E-state index in [1.807, 2.05) is 42.7 Å². The highest BCUT2D eigenvalue weighted by atomic mass is 32.2. The van der Waals surface area contributed by atoms with Gasteiger partial charge in [0, 0.05) is 10.9 Å². The largest absolute Gasteiger partial charge is 0.486 e. The third kappa shape index (κ3) is 8.30. The zero-order valence-electron chi connectivity index (χ0n) is 22.0. The Bertz CT molecular complexity index is 1100. The summed E-state index contributed by atoms with van der Waals surface area (Å²) in [5.74, 6) is 2.47. The van der Waals surface area contributed by atoms with Crippen LogP contribution in [0.1, 0.15) is 64.4 Å². The van der Waals surface area contributed by atoms with Gasteiger partial charge in [-0.3, -0.25) is 4.79 Å². The highest BCUT2D eigenvalue weighted by molar-refractivity contribution is 7.99. The van der Waals surface area contributed by atoms with Gasteiger partial charge in [0.25, 0.3) is 0 Å². The molecule has 1 unspecified atom stereocenters. The lowest BCUT2D eigenvalue weighted by Crippen LogP contribution is -2.16. The molecule has 1 N–H and O–H groups in total. The maximum Gasteiger partial charge on any atom is 0.234 e. The van der Waals surface area contributed by atoms with Crippen LogP contribution >= 0.6 is 23.5 Å². The number of hydrogen-bond acceptors (Lipinski definition) is 6. The smallest absolute Gasteiger partial charge is 0.234 e. The van der Waals surface area contributed by atoms with E-state index in [1.165, 1.54) is 23.7 Å². The second-order valence-corrected chi connectivity index (χ2v) is 11.1. The average molecular weight is 527 g/mol. The van der Waals surface area contributed by atoms with E-state index in [-0.39, 0.29) is 17.7 Å². The SMILES string of the molecule is CCc1ccc(OCc2nnc(SCC(=O)Nc3ccccc3SC)n2C(C)CCCC(C)C)cc1. The zero-order chi connectivity index (χ0) is 25.9. The van der Waals surface area contributed by atoms with E-state index in [0.29, 0.717) is 12.5 Å². The summed E-state index contributed by atoms with van der Waals surface area (Å²) in [6, 6.07) is 16.2. The van der Waals surface area contributed by atoms with Crippen LogP contribution in [0.15, 0.2) is 58.6 Å². The highest BCUT2D eigenvalue weighted by Crippen LogP contribution is 2.28. The number of para-hydroxylation sites is 1. The molecule has 0 spiro atoms. The molecular weight excluding hydrogens is 488 g/mol. The Labute approximate surface area is 224 Å². The molecule has 1 aromatic heterocycles. The number of benzene rings is 2. The first-order valence-electron chi connectivity index (χ1n) is 12.6. The van der Waals surface area contributed by atoms with Gasteiger partial charge in [0.15, 0.2) is 11.0 Å². The van der Waals surface area contributed by atoms with Gasteiger partial charge in [0.2, 0.25) is 5.91 Å². The summed E-state index contributed by atoms with van der Waals surface area (Å²) < 4.78 is 8.20. The van der Waals surface area contributed by atoms with E-state index < -0.39 is 0 Å². The molecule has 0 fully saturated rings. The van der Waals surface area contributed by atoms with Crippen molar-refractivity contribution in [2.75, 3.05) is 17.3 Å². The molecule has 0 radical (unpaired) electrons. The number of nitrogens with one attached hydrogen (secondary N) is 1. The van der Waals surface area contributed by atoms with Gasteiger partial charge in [-0.2, -0.15) is 0 Å². The van der Waals surface area contributed by atoms with Crippen LogP contribution in [-0.4, -0.2) is 32.7 Å². The molecule has 1 atom stereocenters. The molecule has 1 amide bonds. The second kappa shape index (κ2) is 14.3. The van der Waals surface area contributed by atoms with Crippen molar-refractivity contribution in [3.63, 3.8) is 0 Å². The number of amides is 1. The molecule has 3 aromatic rings. The van der Waals surface area contributed by atoms with Gasteiger partial charge in [-0.1, -0.05) is 69.6 Å². The molecule has 0 aliphatic rings. The molecular formula is C28H38N4O2S2. The fraction of sp³-hybridized carbons (Fsp3) is 0.464. The van der Waals surface area contributed by atoms with E-state index in [4.69, 9.17) is 4.74 Å². The minimum absolute atomic E-state index is 0.0580. The summed E-state index contributed by atoms with van der Waals surface area (Å²) in [6.45, 7) is 9.17. The number of thioether (sulfide) groups is 2. The van der Waals surface area contributed by atoms with Gasteiger partial charge in [-0.15, -0.1) is 22.0 Å². The third-order valence-corrected chi connectivity index (χ3v) is 7.73. The summed E-state index contributed by atoms with van der Waals surface area (Å²) in [4.78, 5) is 13.8. The number of ether oxygens (including phenoxy) is 1. The van der Waals surface area contributed by atoms with Crippen LogP contribution < -0.4 is 10.1 Å². The number of aromatic nitrogens is 3. The highest BCUT2D eigenvalue weighted by Gasteiger charge is 2.20. The quantitative estimate of drug-likeness (QED) is 0.223. The van der Waals surface area contributed by atoms with Crippen LogP contribution in [0.5, 0.6) is 5.75 Å². The third-order valence-electron chi connectivity index (χ3n) is 5.99. The molecule has 36 heavy (non-hydrogen) atoms. The summed E-state index contributed by atoms with van der Waals surface area (Å²) in [6.07, 6.45) is 6.34. The van der Waals surface area contributed by atoms with Gasteiger partial charge in [0.05, 0.1) is 11.4 Å². The fourth-order valence-electron chi connectivity index (χ4n) is 3.93. The lowest BCUT2D eigenvalue weighted by Gasteiger charge is -2.19. The van der Waals surface area contributed by atoms with Crippen molar-refractivity contribution >= 4 is 35.1 Å². The Kier molecular flexibility index (Phi) is 11.2. The maximum atomic E-state index is 12.7. The van der Waals surface area contributed by atoms with Crippen molar-refractivity contribution in [1.82, 2.24) is 14.8 Å². The lowest BCUT2D eigenvalue weighted by molar-refractivity contribution is -0.113. The molecule has 2 aromatic carbocycles. The summed E-state index contributed by atoms with van der Waals surface area (Å²) in [5.41, 5.74) is 2.11. The van der Waals surface area contributed by atoms with Crippen molar-refractivity contribution < 1.29 is 9.53 Å². The standard InChI is InChI=1S/C28H38N4O2S2/c1-6-22-14-16-23(17-15-22)34-18-26-30-31-28(32(26)21(4)11-9-10-20(2)3)36-19-27(33)29-24-12-7-8-13-25(24)35-5/h7-8,12-17,20-21H,6,9-11,18-19H2,1-5H3,(H,29,33). The fourth-order valence-corrected chi connectivity index (χ4v) is 5.34. The van der Waals surface area contributed by atoms with Crippen LogP contribution in [-0.2, 0) is 17.8 Å². The molecule has 194 valence electrons. The summed E-state index contributed by atoms with van der Waals surface area (Å²) in [7, 11) is 0. The van der Waals surface area contributed by atoms with Gasteiger partial charge >= 0.3 is 0 Å². The number of hydrogen-bond donors (Lipinski definition) is 1. The Balaban J connectivity index is 1.69. The Morgan fingerprint density at radius 3 is 2.50 bits per heavy atom. The first-order chi connectivity index (χ1) is 17.4. The zero-order valence-corrected chi connectivity index (χ0v) is 23.6. The van der Waals surface area contributed by atoms with Gasteiger partial charge in [-0.05, 0) is 61.8 Å². The second-order valence-electron chi connectivity index (χ2n) is 9.27. The summed E-state index contributed by atoms with van der Waals surface area (Å²) >= 11 is 3.03. The Morgan fingerprint density at radius 2 is 1.81 bits per heavy atom. The number of nitrogens with zero attached hydrogens (tertiary/aromatic N) is 3. The number of rotatable bonds is 14. The van der Waals surface area contributed by atoms with Crippen molar-refractivity contribution in [1.29, 1.82) is 0 Å². The van der Waals surface area contributed by atoms with Gasteiger partial charge in [0.1, 0.15) is 12.4 Å². The molecule has 1 heterocycles. The van der Waals surface area contributed by atoms with Crippen LogP contribution in [0, 0.1) is 5.92 Å². The topological polar surface area (TPSA) is 69.0 Å². The van der Waals surface area contributed by atoms with E-state index in [0.717, 1.165) is 46.6 Å². The van der Waals surface area contributed by atoms with Crippen LogP contribution in [0.4, 0.5) is 5.69 Å². The van der Waals surface area contributed by atoms with E-state index >= 15 is 0 Å². The summed E-state index contributed by atoms with van der Waals surface area (Å²) in [5, 5.41) is 12.7. The Morgan fingerprint density at radius 1 is 1.06 bits per heavy atom. The number of aryl methyl sites for hydroxylation is 1. The molecule has 0 aliphatic carbocycles. The minimum Gasteiger partial charge on any atom is -0.486 e. The predicted molar refractivity (Wildman–Crippen MR) is 151 cm³/mol. The van der Waals surface area contributed by atoms with Gasteiger partial charge in [-0.25, -0.2) is 0 Å². The minimum atomic E-state index is -0.0580. The first-order valence-corrected chi connectivity index (χ1v) is 14.8. The van der Waals surface area contributed by atoms with E-state index in [1.54, 1.807) is 11.8 Å². The van der Waals surface area contributed by atoms with E-state index in [9.17, 15) is 4.79 Å². The molecule has 0 bridgehead atoms. The predicted octanol–water partition coefficient (Wildman–Crippen LogP) is 7.26. The maximum absolute atomic E-state index is 12.7.